The van der Waals surface area contributed by atoms with Crippen LogP contribution in [0.25, 0.3) is 11.4 Å². The number of hydrogen-bond acceptors (Lipinski definition) is 7. The van der Waals surface area contributed by atoms with Crippen LogP contribution in [0.5, 0.6) is 0 Å². The fourth-order valence-electron chi connectivity index (χ4n) is 4.30. The summed E-state index contributed by atoms with van der Waals surface area (Å²) in [5.74, 6) is 0.648. The number of hydrogen-bond donors (Lipinski definition) is 0. The largest absolute Gasteiger partial charge is 0.459 e. The van der Waals surface area contributed by atoms with Crippen LogP contribution in [-0.2, 0) is 16.1 Å². The van der Waals surface area contributed by atoms with Crippen LogP contribution in [0.15, 0.2) is 52.2 Å². The molecule has 2 aromatic heterocycles. The van der Waals surface area contributed by atoms with Crippen molar-refractivity contribution in [2.24, 2.45) is 0 Å². The maximum Gasteiger partial charge on any atom is 0.289 e. The van der Waals surface area contributed by atoms with Crippen LogP contribution < -0.4 is 0 Å². The Kier molecular flexibility index (Phi) is 7.14. The lowest BCUT2D eigenvalue weighted by molar-refractivity contribution is -0.129. The van der Waals surface area contributed by atoms with Crippen LogP contribution in [0, 0.1) is 5.82 Å². The second-order valence-corrected chi connectivity index (χ2v) is 9.44. The van der Waals surface area contributed by atoms with E-state index in [1.807, 2.05) is 4.57 Å². The molecule has 2 saturated heterocycles. The number of amides is 2. The van der Waals surface area contributed by atoms with E-state index in [0.29, 0.717) is 49.5 Å². The molecule has 11 heteroatoms. The summed E-state index contributed by atoms with van der Waals surface area (Å²) in [5.41, 5.74) is 0.757. The minimum atomic E-state index is -0.315. The number of nitrogens with zero attached hydrogens (tertiary/aromatic N) is 5. The zero-order valence-corrected chi connectivity index (χ0v) is 20.0. The van der Waals surface area contributed by atoms with Gasteiger partial charge in [0.15, 0.2) is 16.7 Å². The zero-order chi connectivity index (χ0) is 24.2. The van der Waals surface area contributed by atoms with Gasteiger partial charge in [0, 0.05) is 38.3 Å². The Bertz CT molecular complexity index is 1150. The van der Waals surface area contributed by atoms with Crippen LogP contribution in [0.3, 0.4) is 0 Å². The third-order valence-electron chi connectivity index (χ3n) is 6.21. The smallest absolute Gasteiger partial charge is 0.289 e. The molecule has 1 atom stereocenters. The van der Waals surface area contributed by atoms with E-state index in [1.54, 1.807) is 34.1 Å². The van der Waals surface area contributed by atoms with E-state index in [9.17, 15) is 14.0 Å². The maximum atomic E-state index is 13.4. The van der Waals surface area contributed by atoms with E-state index in [-0.39, 0.29) is 29.5 Å². The van der Waals surface area contributed by atoms with Crippen molar-refractivity contribution in [1.82, 2.24) is 24.6 Å². The highest BCUT2D eigenvalue weighted by atomic mass is 32.2. The van der Waals surface area contributed by atoms with Crippen LogP contribution in [0.1, 0.15) is 23.4 Å². The Hall–Kier alpha value is -3.18. The summed E-state index contributed by atoms with van der Waals surface area (Å²) in [6.45, 7) is 3.15. The molecule has 184 valence electrons. The normalized spacial score (nSPS) is 18.3. The van der Waals surface area contributed by atoms with Crippen LogP contribution in [0.2, 0.25) is 0 Å². The molecular formula is C24H26FN5O4S. The number of piperazine rings is 1. The molecule has 1 aromatic carbocycles. The van der Waals surface area contributed by atoms with E-state index in [0.717, 1.165) is 25.0 Å². The molecule has 0 bridgehead atoms. The summed E-state index contributed by atoms with van der Waals surface area (Å²) in [6.07, 6.45) is 3.49. The number of carbonyl (C=O) groups is 2. The molecule has 2 amide bonds. The average molecular weight is 500 g/mol. The third-order valence-corrected chi connectivity index (χ3v) is 7.16. The Labute approximate surface area is 206 Å². The van der Waals surface area contributed by atoms with Crippen molar-refractivity contribution in [2.45, 2.75) is 30.6 Å². The number of halogens is 1. The summed E-state index contributed by atoms with van der Waals surface area (Å²) < 4.78 is 26.4. The molecule has 0 unspecified atom stereocenters. The predicted molar refractivity (Wildman–Crippen MR) is 126 cm³/mol. The Morgan fingerprint density at radius 3 is 2.51 bits per heavy atom. The second kappa shape index (κ2) is 10.6. The van der Waals surface area contributed by atoms with Gasteiger partial charge in [0.25, 0.3) is 5.91 Å². The van der Waals surface area contributed by atoms with Crippen molar-refractivity contribution >= 4 is 23.6 Å². The van der Waals surface area contributed by atoms with E-state index < -0.39 is 0 Å². The number of ether oxygens (including phenoxy) is 1. The van der Waals surface area contributed by atoms with Gasteiger partial charge < -0.3 is 19.0 Å². The Morgan fingerprint density at radius 1 is 1.06 bits per heavy atom. The van der Waals surface area contributed by atoms with Crippen molar-refractivity contribution in [3.8, 4) is 11.4 Å². The summed E-state index contributed by atoms with van der Waals surface area (Å²) in [4.78, 5) is 28.8. The minimum absolute atomic E-state index is 0.0184. The molecule has 0 aliphatic carbocycles. The van der Waals surface area contributed by atoms with Gasteiger partial charge in [-0.25, -0.2) is 4.39 Å². The predicted octanol–water partition coefficient (Wildman–Crippen LogP) is 2.93. The van der Waals surface area contributed by atoms with Gasteiger partial charge in [0.1, 0.15) is 5.82 Å². The van der Waals surface area contributed by atoms with Crippen LogP contribution in [0.4, 0.5) is 4.39 Å². The van der Waals surface area contributed by atoms with Crippen LogP contribution >= 0.6 is 11.8 Å². The maximum absolute atomic E-state index is 13.4. The highest BCUT2D eigenvalue weighted by Crippen LogP contribution is 2.27. The standard InChI is InChI=1S/C24H26FN5O4S/c25-18-7-5-17(6-8-18)22-26-27-24(30(22)15-19-3-1-13-33-19)35-16-21(31)28-9-11-29(12-10-28)23(32)20-4-2-14-34-20/h2,4-8,14,19H,1,3,9-13,15-16H2/t19-/m0/s1. The first-order valence-electron chi connectivity index (χ1n) is 11.6. The number of thioether (sulfide) groups is 1. The fraction of sp³-hybridized carbons (Fsp3) is 0.417. The Balaban J connectivity index is 1.22. The first-order valence-corrected chi connectivity index (χ1v) is 12.6. The number of aromatic nitrogens is 3. The number of benzene rings is 1. The number of carbonyl (C=O) groups excluding carboxylic acids is 2. The lowest BCUT2D eigenvalue weighted by Gasteiger charge is -2.34. The molecule has 4 heterocycles. The van der Waals surface area contributed by atoms with Crippen molar-refractivity contribution in [2.75, 3.05) is 38.5 Å². The topological polar surface area (TPSA) is 93.7 Å². The molecule has 9 nitrogen and oxygen atoms in total. The zero-order valence-electron chi connectivity index (χ0n) is 19.1. The van der Waals surface area contributed by atoms with E-state index in [1.165, 1.54) is 30.2 Å². The van der Waals surface area contributed by atoms with Gasteiger partial charge in [-0.1, -0.05) is 11.8 Å². The van der Waals surface area contributed by atoms with Gasteiger partial charge in [-0.05, 0) is 49.2 Å². The van der Waals surface area contributed by atoms with Crippen molar-refractivity contribution < 1.29 is 23.1 Å². The molecule has 2 aliphatic heterocycles. The molecule has 35 heavy (non-hydrogen) atoms. The van der Waals surface area contributed by atoms with E-state index >= 15 is 0 Å². The summed E-state index contributed by atoms with van der Waals surface area (Å²) in [6, 6.07) is 9.47. The molecule has 5 rings (SSSR count). The molecule has 0 N–H and O–H groups in total. The Morgan fingerprint density at radius 2 is 1.83 bits per heavy atom. The van der Waals surface area contributed by atoms with E-state index in [2.05, 4.69) is 10.2 Å². The number of furan rings is 1. The van der Waals surface area contributed by atoms with Gasteiger partial charge in [-0.2, -0.15) is 0 Å². The SMILES string of the molecule is O=C(CSc1nnc(-c2ccc(F)cc2)n1C[C@@H]1CCCO1)N1CCN(C(=O)c2ccco2)CC1. The molecule has 3 aromatic rings. The second-order valence-electron chi connectivity index (χ2n) is 8.50. The quantitative estimate of drug-likeness (QED) is 0.462. The summed E-state index contributed by atoms with van der Waals surface area (Å²) in [5, 5.41) is 9.29. The molecule has 0 saturated carbocycles. The fourth-order valence-corrected chi connectivity index (χ4v) is 5.15. The molecule has 2 aliphatic rings. The first kappa shape index (κ1) is 23.6. The van der Waals surface area contributed by atoms with Crippen molar-refractivity contribution in [3.05, 3.63) is 54.2 Å². The monoisotopic (exact) mass is 499 g/mol. The highest BCUT2D eigenvalue weighted by Gasteiger charge is 2.27. The average Bonchev–Trinajstić information content (AvgIpc) is 3.66. The van der Waals surface area contributed by atoms with Crippen molar-refractivity contribution in [1.29, 1.82) is 0 Å². The first-order chi connectivity index (χ1) is 17.1. The number of rotatable bonds is 7. The molecule has 2 fully saturated rings. The van der Waals surface area contributed by atoms with Gasteiger partial charge in [-0.15, -0.1) is 10.2 Å². The summed E-state index contributed by atoms with van der Waals surface area (Å²) in [7, 11) is 0. The van der Waals surface area contributed by atoms with Crippen LogP contribution in [-0.4, -0.2) is 81.0 Å². The lowest BCUT2D eigenvalue weighted by Crippen LogP contribution is -2.51. The molecule has 0 spiro atoms. The lowest BCUT2D eigenvalue weighted by atomic mass is 10.2. The highest BCUT2D eigenvalue weighted by molar-refractivity contribution is 7.99. The van der Waals surface area contributed by atoms with Gasteiger partial charge in [0.2, 0.25) is 5.91 Å². The van der Waals surface area contributed by atoms with Gasteiger partial charge >= 0.3 is 0 Å². The molecular weight excluding hydrogens is 473 g/mol. The molecule has 0 radical (unpaired) electrons. The van der Waals surface area contributed by atoms with Crippen molar-refractivity contribution in [3.63, 3.8) is 0 Å². The third kappa shape index (κ3) is 5.40. The van der Waals surface area contributed by atoms with Gasteiger partial charge in [0.05, 0.1) is 24.7 Å². The minimum Gasteiger partial charge on any atom is -0.459 e. The van der Waals surface area contributed by atoms with Gasteiger partial charge in [-0.3, -0.25) is 14.2 Å². The van der Waals surface area contributed by atoms with E-state index in [4.69, 9.17) is 9.15 Å². The summed E-state index contributed by atoms with van der Waals surface area (Å²) >= 11 is 1.33.